The molecule has 222 valence electrons. The number of anilines is 2. The fourth-order valence-electron chi connectivity index (χ4n) is 5.89. The van der Waals surface area contributed by atoms with E-state index >= 15 is 0 Å². The maximum atomic E-state index is 14.2. The Kier molecular flexibility index (Phi) is 9.00. The van der Waals surface area contributed by atoms with Gasteiger partial charge in [-0.25, -0.2) is 4.68 Å². The van der Waals surface area contributed by atoms with Gasteiger partial charge in [-0.05, 0) is 79.3 Å². The molecule has 2 amide bonds. The third-order valence-corrected chi connectivity index (χ3v) is 8.42. The number of amides is 2. The summed E-state index contributed by atoms with van der Waals surface area (Å²) in [5, 5.41) is 12.2. The third kappa shape index (κ3) is 6.89. The van der Waals surface area contributed by atoms with E-state index in [0.717, 1.165) is 42.7 Å². The van der Waals surface area contributed by atoms with Crippen LogP contribution in [0.3, 0.4) is 0 Å². The van der Waals surface area contributed by atoms with Crippen LogP contribution in [0.15, 0.2) is 84.9 Å². The highest BCUT2D eigenvalue weighted by Crippen LogP contribution is 2.29. The Balaban J connectivity index is 1.29. The van der Waals surface area contributed by atoms with E-state index in [-0.39, 0.29) is 30.8 Å². The van der Waals surface area contributed by atoms with Crippen LogP contribution < -0.4 is 10.2 Å². The van der Waals surface area contributed by atoms with Gasteiger partial charge in [-0.2, -0.15) is 0 Å². The topological polar surface area (TPSA) is 92.6 Å². The molecular weight excluding hydrogens is 564 g/mol. The van der Waals surface area contributed by atoms with E-state index in [0.29, 0.717) is 35.9 Å². The number of aromatic nitrogens is 3. The quantitative estimate of drug-likeness (QED) is 0.262. The van der Waals surface area contributed by atoms with Crippen molar-refractivity contribution in [1.29, 1.82) is 0 Å². The second-order valence-electron chi connectivity index (χ2n) is 11.0. The highest BCUT2D eigenvalue weighted by atomic mass is 35.5. The Morgan fingerprint density at radius 1 is 1.00 bits per heavy atom. The van der Waals surface area contributed by atoms with E-state index in [1.807, 2.05) is 60.7 Å². The molecule has 9 nitrogen and oxygen atoms in total. The van der Waals surface area contributed by atoms with E-state index < -0.39 is 6.04 Å². The van der Waals surface area contributed by atoms with E-state index in [1.165, 1.54) is 0 Å². The third-order valence-electron chi connectivity index (χ3n) is 8.16. The lowest BCUT2D eigenvalue weighted by atomic mass is 9.85. The zero-order chi connectivity index (χ0) is 29.6. The number of rotatable bonds is 9. The Morgan fingerprint density at radius 3 is 2.51 bits per heavy atom. The van der Waals surface area contributed by atoms with Gasteiger partial charge in [-0.3, -0.25) is 9.59 Å². The molecule has 0 bridgehead atoms. The van der Waals surface area contributed by atoms with Gasteiger partial charge in [0.25, 0.3) is 0 Å². The molecule has 1 N–H and O–H groups in total. The highest BCUT2D eigenvalue weighted by molar-refractivity contribution is 6.30. The first-order valence-electron chi connectivity index (χ1n) is 14.8. The van der Waals surface area contributed by atoms with Gasteiger partial charge < -0.3 is 19.9 Å². The van der Waals surface area contributed by atoms with Crippen molar-refractivity contribution in [3.05, 3.63) is 95.5 Å². The number of carbonyl (C=O) groups excluding carboxylic acids is 2. The van der Waals surface area contributed by atoms with Gasteiger partial charge >= 0.3 is 0 Å². The zero-order valence-corrected chi connectivity index (χ0v) is 24.7. The first-order valence-corrected chi connectivity index (χ1v) is 15.1. The van der Waals surface area contributed by atoms with Crippen LogP contribution in [0, 0.1) is 5.92 Å². The molecule has 0 spiro atoms. The molecule has 1 aliphatic heterocycles. The monoisotopic (exact) mass is 598 g/mol. The average molecular weight is 599 g/mol. The van der Waals surface area contributed by atoms with Crippen LogP contribution in [0.25, 0.3) is 11.0 Å². The van der Waals surface area contributed by atoms with Crippen LogP contribution in [0.5, 0.6) is 0 Å². The summed E-state index contributed by atoms with van der Waals surface area (Å²) in [6.45, 7) is 3.32. The summed E-state index contributed by atoms with van der Waals surface area (Å²) >= 11 is 6.17. The van der Waals surface area contributed by atoms with Crippen molar-refractivity contribution >= 4 is 45.8 Å². The van der Waals surface area contributed by atoms with Crippen LogP contribution in [-0.4, -0.2) is 64.1 Å². The number of para-hydroxylation sites is 1. The minimum Gasteiger partial charge on any atom is -0.378 e. The Bertz CT molecular complexity index is 1580. The zero-order valence-electron chi connectivity index (χ0n) is 23.9. The molecule has 6 rings (SSSR count). The minimum absolute atomic E-state index is 0.0330. The summed E-state index contributed by atoms with van der Waals surface area (Å²) in [7, 11) is 0. The van der Waals surface area contributed by atoms with Crippen molar-refractivity contribution in [1.82, 2.24) is 19.9 Å². The number of ether oxygens (including phenoxy) is 1. The molecule has 0 radical (unpaired) electrons. The number of nitrogens with zero attached hydrogens (tertiary/aromatic N) is 5. The van der Waals surface area contributed by atoms with Crippen LogP contribution in [-0.2, 0) is 27.4 Å². The van der Waals surface area contributed by atoms with Crippen LogP contribution in [0.2, 0.25) is 5.02 Å². The van der Waals surface area contributed by atoms with E-state index in [4.69, 9.17) is 16.3 Å². The summed E-state index contributed by atoms with van der Waals surface area (Å²) in [5.41, 5.74) is 4.16. The molecule has 3 aromatic carbocycles. The Labute approximate surface area is 256 Å². The van der Waals surface area contributed by atoms with Gasteiger partial charge in [-0.15, -0.1) is 5.10 Å². The molecule has 43 heavy (non-hydrogen) atoms. The van der Waals surface area contributed by atoms with Gasteiger partial charge in [0.1, 0.15) is 18.1 Å². The highest BCUT2D eigenvalue weighted by Gasteiger charge is 2.37. The number of fused-ring (bicyclic) bond motifs is 1. The number of hydrogen-bond acceptors (Lipinski definition) is 6. The molecule has 1 saturated heterocycles. The van der Waals surface area contributed by atoms with E-state index in [1.54, 1.807) is 21.7 Å². The maximum Gasteiger partial charge on any atom is 0.247 e. The SMILES string of the molecule is O=C(Nc1ccc(N2CCOCC2)cc1)C(C1CC=CCC1)N(Cc1ccc(Cl)cc1)C(=O)Cn1nnc2ccccc21. The predicted octanol–water partition coefficient (Wildman–Crippen LogP) is 5.31. The van der Waals surface area contributed by atoms with Gasteiger partial charge in [0.2, 0.25) is 11.8 Å². The lowest BCUT2D eigenvalue weighted by Crippen LogP contribution is -2.52. The number of carbonyl (C=O) groups is 2. The molecule has 1 aromatic heterocycles. The summed E-state index contributed by atoms with van der Waals surface area (Å²) in [5.74, 6) is -0.450. The normalized spacial score (nSPS) is 17.5. The van der Waals surface area contributed by atoms with Gasteiger partial charge in [0.05, 0.1) is 18.7 Å². The molecule has 2 heterocycles. The molecule has 1 fully saturated rings. The average Bonchev–Trinajstić information content (AvgIpc) is 3.45. The van der Waals surface area contributed by atoms with Gasteiger partial charge in [-0.1, -0.05) is 53.2 Å². The first-order chi connectivity index (χ1) is 21.0. The van der Waals surface area contributed by atoms with Crippen molar-refractivity contribution in [2.24, 2.45) is 5.92 Å². The summed E-state index contributed by atoms with van der Waals surface area (Å²) in [6.07, 6.45) is 6.63. The van der Waals surface area contributed by atoms with Crippen molar-refractivity contribution in [3.63, 3.8) is 0 Å². The Morgan fingerprint density at radius 2 is 1.77 bits per heavy atom. The number of benzene rings is 3. The van der Waals surface area contributed by atoms with Crippen molar-refractivity contribution in [2.75, 3.05) is 36.5 Å². The molecule has 2 aliphatic rings. The predicted molar refractivity (Wildman–Crippen MR) is 168 cm³/mol. The molecule has 10 heteroatoms. The molecule has 2 unspecified atom stereocenters. The molecule has 2 atom stereocenters. The summed E-state index contributed by atoms with van der Waals surface area (Å²) in [6, 6.07) is 22.1. The maximum absolute atomic E-state index is 14.2. The fourth-order valence-corrected chi connectivity index (χ4v) is 6.01. The van der Waals surface area contributed by atoms with Gasteiger partial charge in [0, 0.05) is 36.0 Å². The standard InChI is InChI=1S/C33H35ClN6O3/c34-26-12-10-24(11-13-26)22-39(31(41)23-40-30-9-5-4-8-29(30)36-37-40)32(25-6-2-1-3-7-25)33(42)35-27-14-16-28(17-15-27)38-18-20-43-21-19-38/h1-2,4-5,8-17,25,32H,3,6-7,18-23H2,(H,35,42). The first kappa shape index (κ1) is 28.9. The summed E-state index contributed by atoms with van der Waals surface area (Å²) < 4.78 is 7.08. The van der Waals surface area contributed by atoms with Crippen LogP contribution >= 0.6 is 11.6 Å². The van der Waals surface area contributed by atoms with Crippen LogP contribution in [0.1, 0.15) is 24.8 Å². The number of morpholine rings is 1. The number of allylic oxidation sites excluding steroid dienone is 2. The van der Waals surface area contributed by atoms with Crippen molar-refractivity contribution < 1.29 is 14.3 Å². The van der Waals surface area contributed by atoms with Crippen molar-refractivity contribution in [3.8, 4) is 0 Å². The number of halogens is 1. The van der Waals surface area contributed by atoms with Gasteiger partial charge in [0.15, 0.2) is 0 Å². The van der Waals surface area contributed by atoms with E-state index in [2.05, 4.69) is 32.7 Å². The summed E-state index contributed by atoms with van der Waals surface area (Å²) in [4.78, 5) is 32.4. The molecule has 1 aliphatic carbocycles. The smallest absolute Gasteiger partial charge is 0.247 e. The lowest BCUT2D eigenvalue weighted by Gasteiger charge is -2.37. The second-order valence-corrected chi connectivity index (χ2v) is 11.4. The van der Waals surface area contributed by atoms with Crippen molar-refractivity contribution in [2.45, 2.75) is 38.4 Å². The molecular formula is C33H35ClN6O3. The van der Waals surface area contributed by atoms with Crippen LogP contribution in [0.4, 0.5) is 11.4 Å². The second kappa shape index (κ2) is 13.4. The molecule has 4 aromatic rings. The molecule has 0 saturated carbocycles. The van der Waals surface area contributed by atoms with E-state index in [9.17, 15) is 9.59 Å². The number of hydrogen-bond donors (Lipinski definition) is 1. The Hall–Kier alpha value is -4.21. The number of nitrogens with one attached hydrogen (secondary N) is 1. The lowest BCUT2D eigenvalue weighted by molar-refractivity contribution is -0.142. The fraction of sp³-hybridized carbons (Fsp3) is 0.333. The largest absolute Gasteiger partial charge is 0.378 e. The minimum atomic E-state index is -0.693.